The summed E-state index contributed by atoms with van der Waals surface area (Å²) < 4.78 is 0.443. The van der Waals surface area contributed by atoms with Gasteiger partial charge in [-0.05, 0) is 32.6 Å². The second-order valence-corrected chi connectivity index (χ2v) is 9.15. The van der Waals surface area contributed by atoms with Crippen molar-refractivity contribution in [1.82, 2.24) is 15.1 Å². The van der Waals surface area contributed by atoms with Crippen LogP contribution < -0.4 is 5.32 Å². The van der Waals surface area contributed by atoms with Gasteiger partial charge in [0.2, 0.25) is 5.91 Å². The number of guanidine groups is 1. The number of rotatable bonds is 4. The van der Waals surface area contributed by atoms with Crippen LogP contribution in [0.1, 0.15) is 58.3 Å². The van der Waals surface area contributed by atoms with E-state index in [-0.39, 0.29) is 5.91 Å². The fourth-order valence-corrected chi connectivity index (χ4v) is 5.90. The van der Waals surface area contributed by atoms with Crippen LogP contribution in [-0.4, -0.2) is 71.4 Å². The molecular weight excluding hydrogens is 332 g/mol. The average molecular weight is 367 g/mol. The number of aliphatic imine (C=N–C) groups is 1. The zero-order valence-electron chi connectivity index (χ0n) is 15.8. The smallest absolute Gasteiger partial charge is 0.224 e. The largest absolute Gasteiger partial charge is 0.357 e. The maximum atomic E-state index is 12.2. The minimum absolute atomic E-state index is 0.273. The van der Waals surface area contributed by atoms with Crippen LogP contribution in [0.2, 0.25) is 0 Å². The Labute approximate surface area is 157 Å². The number of nitrogens with one attached hydrogen (secondary N) is 1. The lowest BCUT2D eigenvalue weighted by molar-refractivity contribution is -0.129. The lowest BCUT2D eigenvalue weighted by Crippen LogP contribution is -2.53. The molecule has 5 nitrogen and oxygen atoms in total. The lowest BCUT2D eigenvalue weighted by Gasteiger charge is -2.45. The van der Waals surface area contributed by atoms with E-state index in [0.717, 1.165) is 51.5 Å². The minimum Gasteiger partial charge on any atom is -0.357 e. The number of carbonyl (C=O) groups is 1. The van der Waals surface area contributed by atoms with Crippen molar-refractivity contribution in [3.8, 4) is 0 Å². The summed E-state index contributed by atoms with van der Waals surface area (Å²) in [7, 11) is 0. The van der Waals surface area contributed by atoms with Crippen LogP contribution in [-0.2, 0) is 4.79 Å². The van der Waals surface area contributed by atoms with E-state index in [1.165, 1.54) is 37.9 Å². The molecule has 0 aromatic rings. The highest BCUT2D eigenvalue weighted by Crippen LogP contribution is 2.42. The molecule has 2 saturated heterocycles. The van der Waals surface area contributed by atoms with E-state index < -0.39 is 0 Å². The van der Waals surface area contributed by atoms with Crippen molar-refractivity contribution in [1.29, 1.82) is 0 Å². The fraction of sp³-hybridized carbons (Fsp3) is 0.895. The van der Waals surface area contributed by atoms with Crippen LogP contribution in [0.15, 0.2) is 4.99 Å². The predicted octanol–water partition coefficient (Wildman–Crippen LogP) is 2.72. The molecule has 0 aromatic carbocycles. The summed E-state index contributed by atoms with van der Waals surface area (Å²) in [4.78, 5) is 21.5. The summed E-state index contributed by atoms with van der Waals surface area (Å²) in [6.45, 7) is 7.68. The van der Waals surface area contributed by atoms with Crippen molar-refractivity contribution in [2.24, 2.45) is 4.99 Å². The van der Waals surface area contributed by atoms with Crippen molar-refractivity contribution in [2.75, 3.05) is 45.0 Å². The molecule has 6 heteroatoms. The van der Waals surface area contributed by atoms with Gasteiger partial charge in [0.1, 0.15) is 0 Å². The Morgan fingerprint density at radius 3 is 2.56 bits per heavy atom. The van der Waals surface area contributed by atoms with Gasteiger partial charge in [-0.2, -0.15) is 11.8 Å². The van der Waals surface area contributed by atoms with Crippen molar-refractivity contribution >= 4 is 23.6 Å². The van der Waals surface area contributed by atoms with Gasteiger partial charge in [-0.3, -0.25) is 9.79 Å². The third-order valence-corrected chi connectivity index (χ3v) is 7.23. The molecule has 3 fully saturated rings. The van der Waals surface area contributed by atoms with Gasteiger partial charge in [0, 0.05) is 49.6 Å². The standard InChI is InChI=1S/C19H34N4OS/c1-2-20-18(21-11-8-17(24)22-12-6-7-13-22)23-14-15-25-19(16-23)9-4-3-5-10-19/h2-16H2,1H3,(H,20,21). The van der Waals surface area contributed by atoms with Gasteiger partial charge >= 0.3 is 0 Å². The molecule has 1 saturated carbocycles. The molecule has 1 aliphatic carbocycles. The highest BCUT2D eigenvalue weighted by molar-refractivity contribution is 8.00. The molecule has 3 rings (SSSR count). The number of thioether (sulfide) groups is 1. The van der Waals surface area contributed by atoms with Gasteiger partial charge in [-0.1, -0.05) is 19.3 Å². The maximum Gasteiger partial charge on any atom is 0.224 e. The minimum atomic E-state index is 0.273. The first kappa shape index (κ1) is 18.9. The Balaban J connectivity index is 1.56. The summed E-state index contributed by atoms with van der Waals surface area (Å²) in [5.74, 6) is 2.48. The Morgan fingerprint density at radius 2 is 1.84 bits per heavy atom. The Kier molecular flexibility index (Phi) is 6.91. The quantitative estimate of drug-likeness (QED) is 0.614. The number of hydrogen-bond donors (Lipinski definition) is 1. The topological polar surface area (TPSA) is 47.9 Å². The number of likely N-dealkylation sites (tertiary alicyclic amines) is 1. The van der Waals surface area contributed by atoms with Crippen molar-refractivity contribution < 1.29 is 4.79 Å². The number of hydrogen-bond acceptors (Lipinski definition) is 3. The van der Waals surface area contributed by atoms with Crippen LogP contribution in [0, 0.1) is 0 Å². The van der Waals surface area contributed by atoms with Crippen LogP contribution in [0.5, 0.6) is 0 Å². The molecule has 1 N–H and O–H groups in total. The summed E-state index contributed by atoms with van der Waals surface area (Å²) in [5.41, 5.74) is 0. The van der Waals surface area contributed by atoms with E-state index in [9.17, 15) is 4.79 Å². The van der Waals surface area contributed by atoms with Gasteiger partial charge < -0.3 is 15.1 Å². The maximum absolute atomic E-state index is 12.2. The zero-order chi connectivity index (χ0) is 17.5. The van der Waals surface area contributed by atoms with Crippen LogP contribution in [0.4, 0.5) is 0 Å². The molecule has 0 bridgehead atoms. The van der Waals surface area contributed by atoms with E-state index >= 15 is 0 Å². The molecule has 25 heavy (non-hydrogen) atoms. The van der Waals surface area contributed by atoms with E-state index in [1.54, 1.807) is 0 Å². The number of amides is 1. The number of nitrogens with zero attached hydrogens (tertiary/aromatic N) is 3. The van der Waals surface area contributed by atoms with Gasteiger partial charge in [-0.25, -0.2) is 0 Å². The first-order valence-electron chi connectivity index (χ1n) is 10.2. The highest BCUT2D eigenvalue weighted by atomic mass is 32.2. The van der Waals surface area contributed by atoms with E-state index in [4.69, 9.17) is 4.99 Å². The molecule has 1 amide bonds. The molecule has 2 aliphatic heterocycles. The molecule has 142 valence electrons. The molecule has 0 atom stereocenters. The normalized spacial score (nSPS) is 24.0. The van der Waals surface area contributed by atoms with Crippen molar-refractivity contribution in [3.05, 3.63) is 0 Å². The second kappa shape index (κ2) is 9.15. The summed E-state index contributed by atoms with van der Waals surface area (Å²) in [6, 6.07) is 0. The predicted molar refractivity (Wildman–Crippen MR) is 106 cm³/mol. The Hall–Kier alpha value is -0.910. The Morgan fingerprint density at radius 1 is 1.08 bits per heavy atom. The zero-order valence-corrected chi connectivity index (χ0v) is 16.6. The second-order valence-electron chi connectivity index (χ2n) is 7.59. The SMILES string of the molecule is CCNC(=NCCC(=O)N1CCCC1)N1CCSC2(CCCCC2)C1. The monoisotopic (exact) mass is 366 g/mol. The molecule has 0 radical (unpaired) electrons. The third kappa shape index (κ3) is 5.05. The highest BCUT2D eigenvalue weighted by Gasteiger charge is 2.38. The van der Waals surface area contributed by atoms with Gasteiger partial charge in [0.25, 0.3) is 0 Å². The van der Waals surface area contributed by atoms with Crippen molar-refractivity contribution in [2.45, 2.75) is 63.0 Å². The number of carbonyl (C=O) groups excluding carboxylic acids is 1. The van der Waals surface area contributed by atoms with Crippen LogP contribution in [0.25, 0.3) is 0 Å². The van der Waals surface area contributed by atoms with Crippen LogP contribution >= 0.6 is 11.8 Å². The molecular formula is C19H34N4OS. The first-order chi connectivity index (χ1) is 12.2. The third-order valence-electron chi connectivity index (χ3n) is 5.69. The molecule has 2 heterocycles. The fourth-order valence-electron chi connectivity index (χ4n) is 4.33. The Bertz CT molecular complexity index is 465. The molecule has 3 aliphatic rings. The van der Waals surface area contributed by atoms with Gasteiger partial charge in [0.15, 0.2) is 5.96 Å². The van der Waals surface area contributed by atoms with E-state index in [1.807, 2.05) is 4.90 Å². The summed E-state index contributed by atoms with van der Waals surface area (Å²) in [5, 5.41) is 3.46. The van der Waals surface area contributed by atoms with Gasteiger partial charge in [-0.15, -0.1) is 0 Å². The summed E-state index contributed by atoms with van der Waals surface area (Å²) >= 11 is 2.19. The molecule has 0 unspecified atom stereocenters. The van der Waals surface area contributed by atoms with Crippen LogP contribution in [0.3, 0.4) is 0 Å². The molecule has 0 aromatic heterocycles. The first-order valence-corrected chi connectivity index (χ1v) is 11.2. The van der Waals surface area contributed by atoms with Gasteiger partial charge in [0.05, 0.1) is 6.54 Å². The molecule has 1 spiro atoms. The summed E-state index contributed by atoms with van der Waals surface area (Å²) in [6.07, 6.45) is 9.70. The lowest BCUT2D eigenvalue weighted by atomic mass is 9.87. The van der Waals surface area contributed by atoms with E-state index in [0.29, 0.717) is 17.7 Å². The van der Waals surface area contributed by atoms with E-state index in [2.05, 4.69) is 28.9 Å². The average Bonchev–Trinajstić information content (AvgIpc) is 3.16. The van der Waals surface area contributed by atoms with Crippen molar-refractivity contribution in [3.63, 3.8) is 0 Å².